The summed E-state index contributed by atoms with van der Waals surface area (Å²) in [6.07, 6.45) is 7.67. The fourth-order valence-corrected chi connectivity index (χ4v) is 2.03. The van der Waals surface area contributed by atoms with Gasteiger partial charge in [0.25, 0.3) is 0 Å². The zero-order chi connectivity index (χ0) is 11.4. The van der Waals surface area contributed by atoms with Crippen molar-refractivity contribution in [3.8, 4) is 0 Å². The lowest BCUT2D eigenvalue weighted by Crippen LogP contribution is -2.07. The molecule has 0 atom stereocenters. The molecule has 1 aliphatic rings. The summed E-state index contributed by atoms with van der Waals surface area (Å²) in [6.45, 7) is 3.75. The number of ketones is 1. The Bertz CT molecular complexity index is 441. The molecule has 0 radical (unpaired) electrons. The van der Waals surface area contributed by atoms with Gasteiger partial charge < -0.3 is 0 Å². The molecule has 1 nitrogen and oxygen atoms in total. The molecular formula is C15H16O. The SMILES string of the molecule is C=Cc1cccc(C=C2CCCCC2=O)c1. The molecule has 0 aromatic heterocycles. The number of hydrogen-bond donors (Lipinski definition) is 0. The van der Waals surface area contributed by atoms with Crippen LogP contribution in [-0.4, -0.2) is 5.78 Å². The maximum atomic E-state index is 11.7. The maximum Gasteiger partial charge on any atom is 0.158 e. The van der Waals surface area contributed by atoms with E-state index in [2.05, 4.69) is 12.6 Å². The number of benzene rings is 1. The number of carbonyl (C=O) groups is 1. The zero-order valence-corrected chi connectivity index (χ0v) is 9.41. The Morgan fingerprint density at radius 2 is 1.88 bits per heavy atom. The molecule has 2 rings (SSSR count). The van der Waals surface area contributed by atoms with Gasteiger partial charge in [0.1, 0.15) is 0 Å². The van der Waals surface area contributed by atoms with E-state index in [0.717, 1.165) is 36.0 Å². The number of hydrogen-bond acceptors (Lipinski definition) is 1. The van der Waals surface area contributed by atoms with Crippen LogP contribution in [0.15, 0.2) is 36.4 Å². The van der Waals surface area contributed by atoms with Crippen molar-refractivity contribution < 1.29 is 4.79 Å². The predicted octanol–water partition coefficient (Wildman–Crippen LogP) is 3.86. The normalized spacial score (nSPS) is 18.8. The highest BCUT2D eigenvalue weighted by atomic mass is 16.1. The number of allylic oxidation sites excluding steroid dienone is 1. The first-order valence-corrected chi connectivity index (χ1v) is 5.76. The lowest BCUT2D eigenvalue weighted by atomic mass is 9.92. The zero-order valence-electron chi connectivity index (χ0n) is 9.41. The highest BCUT2D eigenvalue weighted by Crippen LogP contribution is 2.22. The average molecular weight is 212 g/mol. The minimum Gasteiger partial charge on any atom is -0.295 e. The molecule has 0 N–H and O–H groups in total. The molecular weight excluding hydrogens is 196 g/mol. The van der Waals surface area contributed by atoms with Crippen molar-refractivity contribution in [1.29, 1.82) is 0 Å². The summed E-state index contributed by atoms with van der Waals surface area (Å²) < 4.78 is 0. The quantitative estimate of drug-likeness (QED) is 0.680. The van der Waals surface area contributed by atoms with E-state index in [-0.39, 0.29) is 0 Å². The Balaban J connectivity index is 2.26. The molecule has 0 aliphatic heterocycles. The van der Waals surface area contributed by atoms with Gasteiger partial charge in [0.15, 0.2) is 5.78 Å². The lowest BCUT2D eigenvalue weighted by molar-refractivity contribution is -0.116. The van der Waals surface area contributed by atoms with Gasteiger partial charge in [-0.25, -0.2) is 0 Å². The lowest BCUT2D eigenvalue weighted by Gasteiger charge is -2.12. The second-order valence-corrected chi connectivity index (χ2v) is 4.17. The third kappa shape index (κ3) is 2.48. The van der Waals surface area contributed by atoms with Crippen LogP contribution in [0.5, 0.6) is 0 Å². The summed E-state index contributed by atoms with van der Waals surface area (Å²) in [5, 5.41) is 0. The van der Waals surface area contributed by atoms with E-state index < -0.39 is 0 Å². The van der Waals surface area contributed by atoms with Crippen molar-refractivity contribution in [2.45, 2.75) is 25.7 Å². The van der Waals surface area contributed by atoms with Gasteiger partial charge >= 0.3 is 0 Å². The van der Waals surface area contributed by atoms with Gasteiger partial charge in [0, 0.05) is 6.42 Å². The highest BCUT2D eigenvalue weighted by Gasteiger charge is 2.14. The Kier molecular flexibility index (Phi) is 3.35. The van der Waals surface area contributed by atoms with E-state index in [0.29, 0.717) is 12.2 Å². The Morgan fingerprint density at radius 1 is 1.12 bits per heavy atom. The Labute approximate surface area is 96.5 Å². The summed E-state index contributed by atoms with van der Waals surface area (Å²) in [6, 6.07) is 8.10. The molecule has 1 fully saturated rings. The molecule has 0 bridgehead atoms. The van der Waals surface area contributed by atoms with Gasteiger partial charge in [0.05, 0.1) is 0 Å². The van der Waals surface area contributed by atoms with E-state index in [9.17, 15) is 4.79 Å². The van der Waals surface area contributed by atoms with Crippen LogP contribution in [0.25, 0.3) is 12.2 Å². The summed E-state index contributed by atoms with van der Waals surface area (Å²) >= 11 is 0. The van der Waals surface area contributed by atoms with Crippen LogP contribution in [0.1, 0.15) is 36.8 Å². The van der Waals surface area contributed by atoms with Crippen LogP contribution in [0.2, 0.25) is 0 Å². The molecule has 82 valence electrons. The van der Waals surface area contributed by atoms with E-state index in [1.165, 1.54) is 0 Å². The van der Waals surface area contributed by atoms with Crippen LogP contribution in [-0.2, 0) is 4.79 Å². The Morgan fingerprint density at radius 3 is 2.62 bits per heavy atom. The van der Waals surface area contributed by atoms with Crippen molar-refractivity contribution in [2.24, 2.45) is 0 Å². The molecule has 1 saturated carbocycles. The van der Waals surface area contributed by atoms with E-state index in [1.807, 2.05) is 30.4 Å². The van der Waals surface area contributed by atoms with Crippen molar-refractivity contribution in [3.63, 3.8) is 0 Å². The number of carbonyl (C=O) groups excluding carboxylic acids is 1. The second-order valence-electron chi connectivity index (χ2n) is 4.17. The van der Waals surface area contributed by atoms with Crippen molar-refractivity contribution in [1.82, 2.24) is 0 Å². The van der Waals surface area contributed by atoms with Gasteiger partial charge in [-0.1, -0.05) is 30.9 Å². The average Bonchev–Trinajstić information content (AvgIpc) is 2.32. The first kappa shape index (κ1) is 10.9. The molecule has 1 aromatic carbocycles. The topological polar surface area (TPSA) is 17.1 Å². The highest BCUT2D eigenvalue weighted by molar-refractivity contribution is 6.00. The molecule has 1 aromatic rings. The smallest absolute Gasteiger partial charge is 0.158 e. The standard InChI is InChI=1S/C15H16O/c1-2-12-6-5-7-13(10-12)11-14-8-3-4-9-15(14)16/h2,5-7,10-11H,1,3-4,8-9H2. The minimum atomic E-state index is 0.315. The van der Waals surface area contributed by atoms with E-state index in [4.69, 9.17) is 0 Å². The van der Waals surface area contributed by atoms with Crippen molar-refractivity contribution >= 4 is 17.9 Å². The Hall–Kier alpha value is -1.63. The van der Waals surface area contributed by atoms with Crippen LogP contribution < -0.4 is 0 Å². The van der Waals surface area contributed by atoms with Crippen LogP contribution in [0.3, 0.4) is 0 Å². The fraction of sp³-hybridized carbons (Fsp3) is 0.267. The van der Waals surface area contributed by atoms with E-state index in [1.54, 1.807) is 0 Å². The van der Waals surface area contributed by atoms with Crippen molar-refractivity contribution in [3.05, 3.63) is 47.5 Å². The van der Waals surface area contributed by atoms with Gasteiger partial charge in [0.2, 0.25) is 0 Å². The van der Waals surface area contributed by atoms with Gasteiger partial charge in [-0.3, -0.25) is 4.79 Å². The number of rotatable bonds is 2. The van der Waals surface area contributed by atoms with Gasteiger partial charge in [-0.15, -0.1) is 0 Å². The van der Waals surface area contributed by atoms with Crippen LogP contribution >= 0.6 is 0 Å². The van der Waals surface area contributed by atoms with Gasteiger partial charge in [-0.05, 0) is 48.1 Å². The third-order valence-corrected chi connectivity index (χ3v) is 2.95. The molecule has 16 heavy (non-hydrogen) atoms. The molecule has 1 heteroatoms. The first-order chi connectivity index (χ1) is 7.79. The summed E-state index contributed by atoms with van der Waals surface area (Å²) in [4.78, 5) is 11.7. The largest absolute Gasteiger partial charge is 0.295 e. The monoisotopic (exact) mass is 212 g/mol. The van der Waals surface area contributed by atoms with Gasteiger partial charge in [-0.2, -0.15) is 0 Å². The van der Waals surface area contributed by atoms with Crippen LogP contribution in [0.4, 0.5) is 0 Å². The second kappa shape index (κ2) is 4.93. The number of Topliss-reactive ketones (excluding diaryl/α,β-unsaturated/α-hetero) is 1. The molecule has 0 saturated heterocycles. The molecule has 1 aliphatic carbocycles. The fourth-order valence-electron chi connectivity index (χ4n) is 2.03. The molecule has 0 unspecified atom stereocenters. The van der Waals surface area contributed by atoms with Crippen molar-refractivity contribution in [2.75, 3.05) is 0 Å². The third-order valence-electron chi connectivity index (χ3n) is 2.95. The maximum absolute atomic E-state index is 11.7. The summed E-state index contributed by atoms with van der Waals surface area (Å²) in [5.41, 5.74) is 3.17. The summed E-state index contributed by atoms with van der Waals surface area (Å²) in [5.74, 6) is 0.315. The minimum absolute atomic E-state index is 0.315. The molecule has 0 heterocycles. The molecule has 0 spiro atoms. The van der Waals surface area contributed by atoms with Crippen LogP contribution in [0, 0.1) is 0 Å². The first-order valence-electron chi connectivity index (χ1n) is 5.76. The predicted molar refractivity (Wildman–Crippen MR) is 68.0 cm³/mol. The van der Waals surface area contributed by atoms with E-state index >= 15 is 0 Å². The summed E-state index contributed by atoms with van der Waals surface area (Å²) in [7, 11) is 0. The molecule has 0 amide bonds.